The molecule has 0 saturated heterocycles. The molecule has 92 valence electrons. The molecule has 1 aliphatic carbocycles. The molecule has 0 unspecified atom stereocenters. The highest BCUT2D eigenvalue weighted by Crippen LogP contribution is 2.38. The molecule has 1 heterocycles. The van der Waals surface area contributed by atoms with Gasteiger partial charge >= 0.3 is 12.1 Å². The SMILES string of the molecule is O=C(O)c1cc(OC2CC2)c(C(F)(F)F)cn1. The number of aromatic carboxylic acids is 1. The van der Waals surface area contributed by atoms with Gasteiger partial charge in [0, 0.05) is 12.3 Å². The van der Waals surface area contributed by atoms with Gasteiger partial charge in [0.2, 0.25) is 0 Å². The number of nitrogens with zero attached hydrogens (tertiary/aromatic N) is 1. The molecular formula is C10H8F3NO3. The minimum absolute atomic E-state index is 0.250. The molecule has 2 rings (SSSR count). The molecule has 1 N–H and O–H groups in total. The molecule has 1 saturated carbocycles. The molecule has 0 atom stereocenters. The van der Waals surface area contributed by atoms with Crippen LogP contribution in [0.15, 0.2) is 12.3 Å². The zero-order valence-corrected chi connectivity index (χ0v) is 8.49. The molecule has 0 bridgehead atoms. The second kappa shape index (κ2) is 3.90. The number of hydrogen-bond acceptors (Lipinski definition) is 3. The minimum atomic E-state index is -4.60. The monoisotopic (exact) mass is 247 g/mol. The molecule has 0 aliphatic heterocycles. The van der Waals surface area contributed by atoms with Crippen LogP contribution in [0.2, 0.25) is 0 Å². The highest BCUT2D eigenvalue weighted by Gasteiger charge is 2.37. The number of carbonyl (C=O) groups is 1. The number of ether oxygens (including phenoxy) is 1. The van der Waals surface area contributed by atoms with Gasteiger partial charge in [-0.2, -0.15) is 13.2 Å². The van der Waals surface area contributed by atoms with Gasteiger partial charge in [-0.25, -0.2) is 9.78 Å². The predicted octanol–water partition coefficient (Wildman–Crippen LogP) is 2.34. The van der Waals surface area contributed by atoms with E-state index in [4.69, 9.17) is 9.84 Å². The van der Waals surface area contributed by atoms with E-state index in [0.29, 0.717) is 19.0 Å². The summed E-state index contributed by atoms with van der Waals surface area (Å²) in [5.41, 5.74) is -1.51. The Labute approximate surface area is 94.0 Å². The topological polar surface area (TPSA) is 59.4 Å². The fraction of sp³-hybridized carbons (Fsp3) is 0.400. The zero-order valence-electron chi connectivity index (χ0n) is 8.49. The van der Waals surface area contributed by atoms with Crippen molar-refractivity contribution in [3.63, 3.8) is 0 Å². The summed E-state index contributed by atoms with van der Waals surface area (Å²) in [7, 11) is 0. The lowest BCUT2D eigenvalue weighted by molar-refractivity contribution is -0.139. The molecule has 17 heavy (non-hydrogen) atoms. The fourth-order valence-electron chi connectivity index (χ4n) is 1.23. The Kier molecular flexibility index (Phi) is 2.68. The summed E-state index contributed by atoms with van der Waals surface area (Å²) in [5.74, 6) is -1.85. The molecule has 0 amide bonds. The lowest BCUT2D eigenvalue weighted by atomic mass is 10.2. The van der Waals surface area contributed by atoms with Gasteiger partial charge in [-0.15, -0.1) is 0 Å². The first-order valence-corrected chi connectivity index (χ1v) is 4.85. The summed E-state index contributed by atoms with van der Waals surface area (Å²) >= 11 is 0. The van der Waals surface area contributed by atoms with E-state index in [9.17, 15) is 18.0 Å². The Bertz CT molecular complexity index is 455. The summed E-state index contributed by atoms with van der Waals surface area (Å²) in [6.45, 7) is 0. The molecule has 0 radical (unpaired) electrons. The summed E-state index contributed by atoms with van der Waals surface area (Å²) in [4.78, 5) is 13.8. The number of halogens is 3. The molecule has 1 fully saturated rings. The molecule has 0 spiro atoms. The fourth-order valence-corrected chi connectivity index (χ4v) is 1.23. The van der Waals surface area contributed by atoms with Crippen LogP contribution >= 0.6 is 0 Å². The van der Waals surface area contributed by atoms with Crippen molar-refractivity contribution in [1.82, 2.24) is 4.98 Å². The predicted molar refractivity (Wildman–Crippen MR) is 49.8 cm³/mol. The van der Waals surface area contributed by atoms with Crippen molar-refractivity contribution in [1.29, 1.82) is 0 Å². The van der Waals surface area contributed by atoms with Crippen molar-refractivity contribution < 1.29 is 27.8 Å². The normalized spacial score (nSPS) is 15.7. The van der Waals surface area contributed by atoms with E-state index in [-0.39, 0.29) is 6.10 Å². The van der Waals surface area contributed by atoms with Gasteiger partial charge in [0.15, 0.2) is 5.69 Å². The average Bonchev–Trinajstić information content (AvgIpc) is 2.99. The number of hydrogen-bond donors (Lipinski definition) is 1. The Morgan fingerprint density at radius 2 is 2.12 bits per heavy atom. The first-order chi connectivity index (χ1) is 7.88. The Morgan fingerprint density at radius 1 is 1.47 bits per heavy atom. The van der Waals surface area contributed by atoms with Crippen LogP contribution < -0.4 is 4.74 Å². The van der Waals surface area contributed by atoms with E-state index < -0.39 is 29.2 Å². The number of aromatic nitrogens is 1. The standard InChI is InChI=1S/C10H8F3NO3/c11-10(12,13)6-4-14-7(9(15)16)3-8(6)17-5-1-2-5/h3-5H,1-2H2,(H,15,16). The smallest absolute Gasteiger partial charge is 0.421 e. The summed E-state index contributed by atoms with van der Waals surface area (Å²) in [5, 5.41) is 8.65. The third-order valence-electron chi connectivity index (χ3n) is 2.21. The molecule has 0 aromatic carbocycles. The van der Waals surface area contributed by atoms with Crippen molar-refractivity contribution in [2.75, 3.05) is 0 Å². The Balaban J connectivity index is 2.39. The maximum absolute atomic E-state index is 12.6. The number of pyridine rings is 1. The largest absolute Gasteiger partial charge is 0.490 e. The molecular weight excluding hydrogens is 239 g/mol. The molecule has 1 aromatic heterocycles. The Morgan fingerprint density at radius 3 is 2.59 bits per heavy atom. The van der Waals surface area contributed by atoms with Crippen molar-refractivity contribution in [3.05, 3.63) is 23.5 Å². The van der Waals surface area contributed by atoms with E-state index in [2.05, 4.69) is 4.98 Å². The van der Waals surface area contributed by atoms with Crippen LogP contribution in [0.5, 0.6) is 5.75 Å². The highest BCUT2D eigenvalue weighted by molar-refractivity contribution is 5.85. The second-order valence-electron chi connectivity index (χ2n) is 3.69. The lowest BCUT2D eigenvalue weighted by Crippen LogP contribution is -2.12. The minimum Gasteiger partial charge on any atom is -0.490 e. The van der Waals surface area contributed by atoms with Gasteiger partial charge in [-0.05, 0) is 12.8 Å². The molecule has 7 heteroatoms. The summed E-state index contributed by atoms with van der Waals surface area (Å²) in [6.07, 6.45) is -3.00. The van der Waals surface area contributed by atoms with Gasteiger partial charge in [0.05, 0.1) is 6.10 Å². The van der Waals surface area contributed by atoms with E-state index in [1.54, 1.807) is 0 Å². The van der Waals surface area contributed by atoms with Crippen LogP contribution in [0.4, 0.5) is 13.2 Å². The molecule has 1 aliphatic rings. The number of rotatable bonds is 3. The molecule has 1 aromatic rings. The second-order valence-corrected chi connectivity index (χ2v) is 3.69. The van der Waals surface area contributed by atoms with Crippen molar-refractivity contribution >= 4 is 5.97 Å². The van der Waals surface area contributed by atoms with Crippen LogP contribution in [0.1, 0.15) is 28.9 Å². The maximum Gasteiger partial charge on any atom is 0.421 e. The number of carboxylic acids is 1. The van der Waals surface area contributed by atoms with E-state index in [0.717, 1.165) is 6.07 Å². The maximum atomic E-state index is 12.6. The van der Waals surface area contributed by atoms with Gasteiger partial charge in [-0.1, -0.05) is 0 Å². The van der Waals surface area contributed by atoms with E-state index in [1.165, 1.54) is 0 Å². The van der Waals surface area contributed by atoms with E-state index >= 15 is 0 Å². The van der Waals surface area contributed by atoms with Gasteiger partial charge < -0.3 is 9.84 Å². The lowest BCUT2D eigenvalue weighted by Gasteiger charge is -2.13. The zero-order chi connectivity index (χ0) is 12.6. The van der Waals surface area contributed by atoms with E-state index in [1.807, 2.05) is 0 Å². The molecule has 4 nitrogen and oxygen atoms in total. The summed E-state index contributed by atoms with van der Waals surface area (Å²) in [6, 6.07) is 0.809. The van der Waals surface area contributed by atoms with Crippen LogP contribution in [-0.4, -0.2) is 22.2 Å². The van der Waals surface area contributed by atoms with Crippen LogP contribution in [0, 0.1) is 0 Å². The van der Waals surface area contributed by atoms with Crippen LogP contribution in [0.25, 0.3) is 0 Å². The number of alkyl halides is 3. The first-order valence-electron chi connectivity index (χ1n) is 4.85. The van der Waals surface area contributed by atoms with Crippen molar-refractivity contribution in [3.8, 4) is 5.75 Å². The first kappa shape index (κ1) is 11.7. The highest BCUT2D eigenvalue weighted by atomic mass is 19.4. The third kappa shape index (κ3) is 2.66. The van der Waals surface area contributed by atoms with Crippen molar-refractivity contribution in [2.45, 2.75) is 25.1 Å². The van der Waals surface area contributed by atoms with Crippen LogP contribution in [0.3, 0.4) is 0 Å². The van der Waals surface area contributed by atoms with Crippen molar-refractivity contribution in [2.24, 2.45) is 0 Å². The third-order valence-corrected chi connectivity index (χ3v) is 2.21. The van der Waals surface area contributed by atoms with Gasteiger partial charge in [0.1, 0.15) is 11.3 Å². The van der Waals surface area contributed by atoms with Crippen LogP contribution in [-0.2, 0) is 6.18 Å². The Hall–Kier alpha value is -1.79. The number of carboxylic acid groups (broad SMARTS) is 1. The average molecular weight is 247 g/mol. The van der Waals surface area contributed by atoms with Gasteiger partial charge in [0.25, 0.3) is 0 Å². The summed E-state index contributed by atoms with van der Waals surface area (Å²) < 4.78 is 42.8. The quantitative estimate of drug-likeness (QED) is 0.890. The van der Waals surface area contributed by atoms with Gasteiger partial charge in [-0.3, -0.25) is 0 Å².